The predicted molar refractivity (Wildman–Crippen MR) is 51.1 cm³/mol. The highest BCUT2D eigenvalue weighted by atomic mass is 16.1. The predicted octanol–water partition coefficient (Wildman–Crippen LogP) is 2.70. The van der Waals surface area contributed by atoms with E-state index in [1.165, 1.54) is 0 Å². The van der Waals surface area contributed by atoms with Crippen LogP contribution in [0.4, 0.5) is 0 Å². The second kappa shape index (κ2) is 4.29. The van der Waals surface area contributed by atoms with E-state index in [2.05, 4.69) is 6.58 Å². The Kier molecular flexibility index (Phi) is 3.03. The maximum absolute atomic E-state index is 10.5. The summed E-state index contributed by atoms with van der Waals surface area (Å²) < 4.78 is 0. The number of hydrogen-bond donors (Lipinski definition) is 0. The molecule has 0 N–H and O–H groups in total. The molecule has 1 heteroatoms. The van der Waals surface area contributed by atoms with Gasteiger partial charge in [-0.2, -0.15) is 0 Å². The van der Waals surface area contributed by atoms with Crippen LogP contribution in [0.1, 0.15) is 15.9 Å². The van der Waals surface area contributed by atoms with Crippen LogP contribution in [0.5, 0.6) is 0 Å². The summed E-state index contributed by atoms with van der Waals surface area (Å²) in [7, 11) is 0. The first-order valence-electron chi connectivity index (χ1n) is 3.72. The number of aldehydes is 1. The summed E-state index contributed by atoms with van der Waals surface area (Å²) in [6, 6.07) is 7.42. The van der Waals surface area contributed by atoms with Crippen LogP contribution in [0, 0.1) is 0 Å². The van der Waals surface area contributed by atoms with Gasteiger partial charge in [0.1, 0.15) is 0 Å². The average molecular weight is 158 g/mol. The van der Waals surface area contributed by atoms with Crippen LogP contribution < -0.4 is 0 Å². The van der Waals surface area contributed by atoms with Crippen LogP contribution in [0.15, 0.2) is 43.0 Å². The maximum Gasteiger partial charge on any atom is 0.150 e. The molecule has 1 nitrogen and oxygen atoms in total. The van der Waals surface area contributed by atoms with E-state index in [-0.39, 0.29) is 0 Å². The molecule has 60 valence electrons. The first kappa shape index (κ1) is 8.47. The lowest BCUT2D eigenvalue weighted by Crippen LogP contribution is -1.83. The van der Waals surface area contributed by atoms with Gasteiger partial charge in [0, 0.05) is 5.56 Å². The number of rotatable bonds is 3. The van der Waals surface area contributed by atoms with Crippen molar-refractivity contribution in [2.45, 2.75) is 0 Å². The van der Waals surface area contributed by atoms with Crippen molar-refractivity contribution in [3.8, 4) is 0 Å². The summed E-state index contributed by atoms with van der Waals surface area (Å²) in [5, 5.41) is 0. The second-order valence-electron chi connectivity index (χ2n) is 2.34. The van der Waals surface area contributed by atoms with Gasteiger partial charge in [0.15, 0.2) is 6.29 Å². The van der Waals surface area contributed by atoms with Gasteiger partial charge >= 0.3 is 0 Å². The van der Waals surface area contributed by atoms with Gasteiger partial charge in [0.25, 0.3) is 0 Å². The number of hydrogen-bond acceptors (Lipinski definition) is 1. The lowest BCUT2D eigenvalue weighted by Gasteiger charge is -1.95. The molecule has 0 aliphatic heterocycles. The largest absolute Gasteiger partial charge is 0.298 e. The third-order valence-electron chi connectivity index (χ3n) is 1.53. The Balaban J connectivity index is 3.04. The average Bonchev–Trinajstić information content (AvgIpc) is 2.15. The highest BCUT2D eigenvalue weighted by Crippen LogP contribution is 2.07. The molecule has 0 bridgehead atoms. The molecular weight excluding hydrogens is 148 g/mol. The fourth-order valence-electron chi connectivity index (χ4n) is 0.942. The van der Waals surface area contributed by atoms with Gasteiger partial charge in [-0.3, -0.25) is 4.79 Å². The van der Waals surface area contributed by atoms with Crippen molar-refractivity contribution >= 4 is 12.4 Å². The smallest absolute Gasteiger partial charge is 0.150 e. The Morgan fingerprint density at radius 1 is 1.17 bits per heavy atom. The molecule has 0 unspecified atom stereocenters. The molecule has 0 atom stereocenters. The zero-order valence-corrected chi connectivity index (χ0v) is 6.73. The Bertz CT molecular complexity index is 311. The van der Waals surface area contributed by atoms with Gasteiger partial charge in [-0.15, -0.1) is 0 Å². The minimum atomic E-state index is 0.704. The van der Waals surface area contributed by atoms with Crippen molar-refractivity contribution in [1.29, 1.82) is 0 Å². The lowest BCUT2D eigenvalue weighted by molar-refractivity contribution is 0.112. The molecule has 0 saturated heterocycles. The minimum Gasteiger partial charge on any atom is -0.298 e. The Morgan fingerprint density at radius 3 is 2.42 bits per heavy atom. The van der Waals surface area contributed by atoms with E-state index in [0.717, 1.165) is 11.8 Å². The lowest BCUT2D eigenvalue weighted by atomic mass is 10.1. The molecule has 0 aliphatic rings. The minimum absolute atomic E-state index is 0.704. The van der Waals surface area contributed by atoms with Crippen molar-refractivity contribution in [2.24, 2.45) is 0 Å². The van der Waals surface area contributed by atoms with Crippen LogP contribution in [-0.4, -0.2) is 6.29 Å². The van der Waals surface area contributed by atoms with E-state index in [1.807, 2.05) is 30.4 Å². The van der Waals surface area contributed by atoms with Gasteiger partial charge in [-0.1, -0.05) is 49.1 Å². The number of carbonyl (C=O) groups excluding carboxylic acids is 1. The summed E-state index contributed by atoms with van der Waals surface area (Å²) in [5.41, 5.74) is 1.63. The van der Waals surface area contributed by atoms with Gasteiger partial charge in [0.05, 0.1) is 0 Å². The summed E-state index contributed by atoms with van der Waals surface area (Å²) in [4.78, 5) is 10.5. The van der Waals surface area contributed by atoms with Crippen molar-refractivity contribution in [3.63, 3.8) is 0 Å². The molecule has 0 aromatic heterocycles. The summed E-state index contributed by atoms with van der Waals surface area (Å²) in [6.07, 6.45) is 6.20. The van der Waals surface area contributed by atoms with Gasteiger partial charge in [-0.25, -0.2) is 0 Å². The van der Waals surface area contributed by atoms with Crippen molar-refractivity contribution < 1.29 is 4.79 Å². The quantitative estimate of drug-likeness (QED) is 0.488. The topological polar surface area (TPSA) is 17.1 Å². The molecule has 0 amide bonds. The Hall–Kier alpha value is -1.63. The molecular formula is C11H10O. The molecule has 0 aliphatic carbocycles. The van der Waals surface area contributed by atoms with Crippen LogP contribution in [0.3, 0.4) is 0 Å². The van der Waals surface area contributed by atoms with E-state index < -0.39 is 0 Å². The third-order valence-corrected chi connectivity index (χ3v) is 1.53. The first-order valence-corrected chi connectivity index (χ1v) is 3.72. The standard InChI is InChI=1S/C11H10O/c1-2-3-6-10-7-4-5-8-11(10)9-12/h2-9H,1H2/b6-3+. The van der Waals surface area contributed by atoms with Crippen LogP contribution >= 0.6 is 0 Å². The monoisotopic (exact) mass is 158 g/mol. The second-order valence-corrected chi connectivity index (χ2v) is 2.34. The summed E-state index contributed by atoms with van der Waals surface area (Å²) in [6.45, 7) is 3.56. The van der Waals surface area contributed by atoms with E-state index in [4.69, 9.17) is 0 Å². The molecule has 0 radical (unpaired) electrons. The molecule has 0 saturated carbocycles. The van der Waals surface area contributed by atoms with E-state index in [0.29, 0.717) is 5.56 Å². The highest BCUT2D eigenvalue weighted by molar-refractivity contribution is 5.81. The first-order chi connectivity index (χ1) is 5.88. The van der Waals surface area contributed by atoms with E-state index in [9.17, 15) is 4.79 Å². The van der Waals surface area contributed by atoms with Gasteiger partial charge in [-0.05, 0) is 5.56 Å². The molecule has 0 fully saturated rings. The zero-order chi connectivity index (χ0) is 8.81. The summed E-state index contributed by atoms with van der Waals surface area (Å²) in [5.74, 6) is 0. The van der Waals surface area contributed by atoms with E-state index >= 15 is 0 Å². The molecule has 0 spiro atoms. The van der Waals surface area contributed by atoms with Crippen LogP contribution in [-0.2, 0) is 0 Å². The van der Waals surface area contributed by atoms with Crippen LogP contribution in [0.2, 0.25) is 0 Å². The Morgan fingerprint density at radius 2 is 1.83 bits per heavy atom. The van der Waals surface area contributed by atoms with Crippen LogP contribution in [0.25, 0.3) is 6.08 Å². The maximum atomic E-state index is 10.5. The molecule has 12 heavy (non-hydrogen) atoms. The molecule has 0 heterocycles. The number of allylic oxidation sites excluding steroid dienone is 2. The SMILES string of the molecule is C=C/C=C/c1ccccc1C=O. The van der Waals surface area contributed by atoms with Crippen molar-refractivity contribution in [1.82, 2.24) is 0 Å². The van der Waals surface area contributed by atoms with Crippen molar-refractivity contribution in [3.05, 3.63) is 54.1 Å². The fourth-order valence-corrected chi connectivity index (χ4v) is 0.942. The third kappa shape index (κ3) is 1.92. The van der Waals surface area contributed by atoms with E-state index in [1.54, 1.807) is 12.1 Å². The highest BCUT2D eigenvalue weighted by Gasteiger charge is 1.93. The van der Waals surface area contributed by atoms with Gasteiger partial charge in [0.2, 0.25) is 0 Å². The van der Waals surface area contributed by atoms with Gasteiger partial charge < -0.3 is 0 Å². The normalized spacial score (nSPS) is 10.0. The fraction of sp³-hybridized carbons (Fsp3) is 0. The Labute approximate surface area is 72.0 Å². The summed E-state index contributed by atoms with van der Waals surface area (Å²) >= 11 is 0. The molecule has 1 rings (SSSR count). The molecule has 1 aromatic carbocycles. The van der Waals surface area contributed by atoms with Crippen molar-refractivity contribution in [2.75, 3.05) is 0 Å². The number of carbonyl (C=O) groups is 1. The number of benzene rings is 1. The molecule has 1 aromatic rings. The zero-order valence-electron chi connectivity index (χ0n) is 6.73.